The Morgan fingerprint density at radius 1 is 1.17 bits per heavy atom. The summed E-state index contributed by atoms with van der Waals surface area (Å²) >= 11 is 0. The summed E-state index contributed by atoms with van der Waals surface area (Å²) in [5.74, 6) is -0.657. The molecule has 3 aromatic rings. The van der Waals surface area contributed by atoms with Crippen LogP contribution in [0.3, 0.4) is 0 Å². The molecule has 1 amide bonds. The van der Waals surface area contributed by atoms with Crippen molar-refractivity contribution in [3.8, 4) is 11.3 Å². The molecule has 1 fully saturated rings. The van der Waals surface area contributed by atoms with Gasteiger partial charge >= 0.3 is 6.18 Å². The van der Waals surface area contributed by atoms with Crippen LogP contribution in [0.4, 0.5) is 13.2 Å². The van der Waals surface area contributed by atoms with Crippen LogP contribution in [0.1, 0.15) is 30.9 Å². The first-order chi connectivity index (χ1) is 13.8. The number of nitrogens with zero attached hydrogens (tertiary/aromatic N) is 3. The second kappa shape index (κ2) is 7.02. The lowest BCUT2D eigenvalue weighted by molar-refractivity contribution is -0.137. The van der Waals surface area contributed by atoms with E-state index in [1.54, 1.807) is 12.3 Å². The first kappa shape index (κ1) is 19.2. The predicted molar refractivity (Wildman–Crippen MR) is 103 cm³/mol. The Labute approximate surface area is 165 Å². The van der Waals surface area contributed by atoms with E-state index in [1.165, 1.54) is 12.1 Å². The highest BCUT2D eigenvalue weighted by atomic mass is 19.4. The van der Waals surface area contributed by atoms with Crippen LogP contribution < -0.4 is 5.73 Å². The highest BCUT2D eigenvalue weighted by Gasteiger charge is 2.35. The van der Waals surface area contributed by atoms with E-state index in [1.807, 2.05) is 10.7 Å². The van der Waals surface area contributed by atoms with Gasteiger partial charge in [0.05, 0.1) is 17.1 Å². The van der Waals surface area contributed by atoms with Crippen LogP contribution in [0.25, 0.3) is 22.3 Å². The minimum atomic E-state index is -4.40. The standard InChI is InChI=1S/C21H19F3N4O/c1-12(20(25)29)15-4-2-5-16(15)28-17-6-3-11-26-19(17)18(27-28)13-7-9-14(10-8-13)21(22,23)24/h3,6-11,15-16H,1-2,4-5H2,(H2,25,29). The number of carbonyl (C=O) groups excluding carboxylic acids is 1. The molecule has 1 aliphatic carbocycles. The number of hydrogen-bond acceptors (Lipinski definition) is 3. The van der Waals surface area contributed by atoms with Gasteiger partial charge in [0.15, 0.2) is 0 Å². The molecule has 1 aliphatic rings. The maximum Gasteiger partial charge on any atom is 0.416 e. The molecule has 5 nitrogen and oxygen atoms in total. The fourth-order valence-corrected chi connectivity index (χ4v) is 4.06. The molecule has 2 N–H and O–H groups in total. The first-order valence-electron chi connectivity index (χ1n) is 9.27. The molecular weight excluding hydrogens is 381 g/mol. The van der Waals surface area contributed by atoms with Gasteiger partial charge in [-0.15, -0.1) is 0 Å². The zero-order valence-corrected chi connectivity index (χ0v) is 15.5. The SMILES string of the molecule is C=C(C(N)=O)C1CCCC1n1nc(-c2ccc(C(F)(F)F)cc2)c2ncccc21. The second-order valence-corrected chi connectivity index (χ2v) is 7.23. The van der Waals surface area contributed by atoms with Crippen molar-refractivity contribution < 1.29 is 18.0 Å². The number of carbonyl (C=O) groups is 1. The number of aromatic nitrogens is 3. The third-order valence-electron chi connectivity index (χ3n) is 5.51. The van der Waals surface area contributed by atoms with E-state index in [0.717, 1.165) is 36.9 Å². The molecule has 2 heterocycles. The van der Waals surface area contributed by atoms with Crippen molar-refractivity contribution in [2.24, 2.45) is 11.7 Å². The van der Waals surface area contributed by atoms with Gasteiger partial charge < -0.3 is 5.73 Å². The zero-order chi connectivity index (χ0) is 20.8. The number of alkyl halides is 3. The molecule has 2 atom stereocenters. The maximum absolute atomic E-state index is 12.9. The van der Waals surface area contributed by atoms with Crippen LogP contribution in [0.5, 0.6) is 0 Å². The monoisotopic (exact) mass is 400 g/mol. The molecular formula is C21H19F3N4O. The topological polar surface area (TPSA) is 73.8 Å². The van der Waals surface area contributed by atoms with Gasteiger partial charge in [0.25, 0.3) is 0 Å². The molecule has 2 unspecified atom stereocenters. The van der Waals surface area contributed by atoms with Crippen LogP contribution >= 0.6 is 0 Å². The van der Waals surface area contributed by atoms with Gasteiger partial charge in [0, 0.05) is 23.3 Å². The summed E-state index contributed by atoms with van der Waals surface area (Å²) in [5, 5.41) is 4.71. The van der Waals surface area contributed by atoms with Crippen molar-refractivity contribution in [3.05, 3.63) is 60.3 Å². The molecule has 150 valence electrons. The van der Waals surface area contributed by atoms with Crippen molar-refractivity contribution >= 4 is 16.9 Å². The minimum absolute atomic E-state index is 0.107. The zero-order valence-electron chi connectivity index (χ0n) is 15.5. The third-order valence-corrected chi connectivity index (χ3v) is 5.51. The van der Waals surface area contributed by atoms with E-state index in [0.29, 0.717) is 22.3 Å². The van der Waals surface area contributed by atoms with E-state index in [9.17, 15) is 18.0 Å². The highest BCUT2D eigenvalue weighted by Crippen LogP contribution is 2.42. The summed E-state index contributed by atoms with van der Waals surface area (Å²) in [6, 6.07) is 8.42. The van der Waals surface area contributed by atoms with Gasteiger partial charge in [-0.2, -0.15) is 18.3 Å². The number of rotatable bonds is 4. The minimum Gasteiger partial charge on any atom is -0.366 e. The van der Waals surface area contributed by atoms with E-state index >= 15 is 0 Å². The van der Waals surface area contributed by atoms with Gasteiger partial charge in [-0.05, 0) is 37.1 Å². The molecule has 1 aromatic carbocycles. The number of amides is 1. The summed E-state index contributed by atoms with van der Waals surface area (Å²) in [4.78, 5) is 16.1. The number of nitrogens with two attached hydrogens (primary N) is 1. The molecule has 0 spiro atoms. The molecule has 0 radical (unpaired) electrons. The van der Waals surface area contributed by atoms with Crippen LogP contribution in [0.2, 0.25) is 0 Å². The summed E-state index contributed by atoms with van der Waals surface area (Å²) in [6.07, 6.45) is -0.293. The lowest BCUT2D eigenvalue weighted by Gasteiger charge is -2.21. The molecule has 0 saturated heterocycles. The highest BCUT2D eigenvalue weighted by molar-refractivity contribution is 5.92. The van der Waals surface area contributed by atoms with Gasteiger partial charge in [-0.3, -0.25) is 14.5 Å². The number of primary amides is 1. The Morgan fingerprint density at radius 2 is 1.90 bits per heavy atom. The lowest BCUT2D eigenvalue weighted by atomic mass is 9.94. The van der Waals surface area contributed by atoms with Gasteiger partial charge in [0.2, 0.25) is 5.91 Å². The molecule has 0 bridgehead atoms. The Hall–Kier alpha value is -3.16. The second-order valence-electron chi connectivity index (χ2n) is 7.23. The largest absolute Gasteiger partial charge is 0.416 e. The summed E-state index contributed by atoms with van der Waals surface area (Å²) in [5.41, 5.74) is 7.51. The summed E-state index contributed by atoms with van der Waals surface area (Å²) in [7, 11) is 0. The van der Waals surface area contributed by atoms with Crippen molar-refractivity contribution in [2.75, 3.05) is 0 Å². The van der Waals surface area contributed by atoms with Crippen molar-refractivity contribution in [1.82, 2.24) is 14.8 Å². The smallest absolute Gasteiger partial charge is 0.366 e. The van der Waals surface area contributed by atoms with Gasteiger partial charge in [0.1, 0.15) is 11.2 Å². The summed E-state index contributed by atoms with van der Waals surface area (Å²) in [6.45, 7) is 3.85. The van der Waals surface area contributed by atoms with E-state index in [-0.39, 0.29) is 12.0 Å². The van der Waals surface area contributed by atoms with Gasteiger partial charge in [-0.1, -0.05) is 25.1 Å². The molecule has 4 rings (SSSR count). The van der Waals surface area contributed by atoms with Crippen molar-refractivity contribution in [1.29, 1.82) is 0 Å². The molecule has 2 aromatic heterocycles. The van der Waals surface area contributed by atoms with E-state index in [4.69, 9.17) is 10.8 Å². The van der Waals surface area contributed by atoms with Crippen molar-refractivity contribution in [3.63, 3.8) is 0 Å². The number of halogens is 3. The Balaban J connectivity index is 1.80. The van der Waals surface area contributed by atoms with Gasteiger partial charge in [-0.25, -0.2) is 0 Å². The first-order valence-corrected chi connectivity index (χ1v) is 9.27. The van der Waals surface area contributed by atoms with Crippen LogP contribution in [0.15, 0.2) is 54.7 Å². The number of hydrogen-bond donors (Lipinski definition) is 1. The van der Waals surface area contributed by atoms with Crippen molar-refractivity contribution in [2.45, 2.75) is 31.5 Å². The van der Waals surface area contributed by atoms with E-state index < -0.39 is 17.6 Å². The maximum atomic E-state index is 12.9. The molecule has 1 saturated carbocycles. The third kappa shape index (κ3) is 3.39. The fraction of sp³-hybridized carbons (Fsp3) is 0.286. The fourth-order valence-electron chi connectivity index (χ4n) is 4.06. The average molecular weight is 400 g/mol. The van der Waals surface area contributed by atoms with Crippen LogP contribution in [-0.4, -0.2) is 20.7 Å². The van der Waals surface area contributed by atoms with Crippen LogP contribution in [-0.2, 0) is 11.0 Å². The Bertz CT molecular complexity index is 1090. The normalized spacial score (nSPS) is 19.6. The average Bonchev–Trinajstić information content (AvgIpc) is 3.31. The Kier molecular flexibility index (Phi) is 4.64. The predicted octanol–water partition coefficient (Wildman–Crippen LogP) is 4.50. The van der Waals surface area contributed by atoms with E-state index in [2.05, 4.69) is 11.6 Å². The molecule has 29 heavy (non-hydrogen) atoms. The quantitative estimate of drug-likeness (QED) is 0.656. The lowest BCUT2D eigenvalue weighted by Crippen LogP contribution is -2.24. The van der Waals surface area contributed by atoms with Crippen LogP contribution in [0, 0.1) is 5.92 Å². The summed E-state index contributed by atoms with van der Waals surface area (Å²) < 4.78 is 40.5. The Morgan fingerprint density at radius 3 is 2.55 bits per heavy atom. The number of benzene rings is 1. The molecule has 0 aliphatic heterocycles. The number of fused-ring (bicyclic) bond motifs is 1. The molecule has 8 heteroatoms. The number of pyridine rings is 1.